The van der Waals surface area contributed by atoms with Crippen LogP contribution in [-0.4, -0.2) is 29.1 Å². The van der Waals surface area contributed by atoms with Crippen molar-refractivity contribution in [2.75, 3.05) is 0 Å². The molecular weight excluding hydrogens is 329 g/mol. The summed E-state index contributed by atoms with van der Waals surface area (Å²) in [7, 11) is 0. The van der Waals surface area contributed by atoms with E-state index in [1.165, 1.54) is 6.92 Å². The summed E-state index contributed by atoms with van der Waals surface area (Å²) in [6.07, 6.45) is 1.41. The van der Waals surface area contributed by atoms with Gasteiger partial charge in [-0.05, 0) is 31.9 Å². The predicted octanol–water partition coefficient (Wildman–Crippen LogP) is 3.30. The molecule has 0 radical (unpaired) electrons. The molecule has 0 heterocycles. The van der Waals surface area contributed by atoms with E-state index in [9.17, 15) is 9.59 Å². The van der Waals surface area contributed by atoms with Crippen LogP contribution in [-0.2, 0) is 9.59 Å². The zero-order valence-corrected chi connectivity index (χ0v) is 13.5. The largest absolute Gasteiger partial charge is 0.480 e. The fourth-order valence-corrected chi connectivity index (χ4v) is 1.99. The Balaban J connectivity index is 2.69. The lowest BCUT2D eigenvalue weighted by Gasteiger charge is -2.19. The lowest BCUT2D eigenvalue weighted by Crippen LogP contribution is -2.46. The van der Waals surface area contributed by atoms with Crippen molar-refractivity contribution in [3.63, 3.8) is 0 Å². The molecule has 0 fully saturated rings. The average Bonchev–Trinajstić information content (AvgIpc) is 2.47. The standard InChI is InChI=1S/C15H17Cl2NO4/c1-3-4-7-11(15(20)21)18-14(19)9(2)22-12-8-5-6-10(16)13(12)17/h3,5-6,8-9,11H,1,4,7H2,2H3,(H,18,19)(H,20,21). The molecule has 0 saturated carbocycles. The highest BCUT2D eigenvalue weighted by molar-refractivity contribution is 6.42. The predicted molar refractivity (Wildman–Crippen MR) is 85.5 cm³/mol. The van der Waals surface area contributed by atoms with Crippen LogP contribution in [0.3, 0.4) is 0 Å². The zero-order chi connectivity index (χ0) is 16.7. The van der Waals surface area contributed by atoms with Gasteiger partial charge in [0.25, 0.3) is 5.91 Å². The summed E-state index contributed by atoms with van der Waals surface area (Å²) in [6.45, 7) is 5.02. The van der Waals surface area contributed by atoms with Crippen molar-refractivity contribution in [1.29, 1.82) is 0 Å². The van der Waals surface area contributed by atoms with Crippen LogP contribution in [0.5, 0.6) is 5.75 Å². The maximum absolute atomic E-state index is 12.0. The third-order valence-corrected chi connectivity index (χ3v) is 3.66. The molecule has 1 rings (SSSR count). The van der Waals surface area contributed by atoms with Crippen LogP contribution in [0.15, 0.2) is 30.9 Å². The number of carbonyl (C=O) groups excluding carboxylic acids is 1. The number of hydrogen-bond donors (Lipinski definition) is 2. The Morgan fingerprint density at radius 3 is 2.73 bits per heavy atom. The zero-order valence-electron chi connectivity index (χ0n) is 12.0. The lowest BCUT2D eigenvalue weighted by molar-refractivity contribution is -0.143. The molecule has 7 heteroatoms. The molecule has 2 unspecified atom stereocenters. The van der Waals surface area contributed by atoms with Crippen LogP contribution >= 0.6 is 23.2 Å². The Morgan fingerprint density at radius 2 is 2.14 bits per heavy atom. The van der Waals surface area contributed by atoms with Crippen molar-refractivity contribution >= 4 is 35.1 Å². The van der Waals surface area contributed by atoms with Gasteiger partial charge < -0.3 is 15.2 Å². The Bertz CT molecular complexity index is 562. The minimum absolute atomic E-state index is 0.199. The van der Waals surface area contributed by atoms with Gasteiger partial charge in [0.15, 0.2) is 6.10 Å². The molecule has 0 aliphatic rings. The van der Waals surface area contributed by atoms with Crippen molar-refractivity contribution in [1.82, 2.24) is 5.32 Å². The molecule has 0 saturated heterocycles. The molecule has 0 spiro atoms. The van der Waals surface area contributed by atoms with Crippen molar-refractivity contribution in [3.8, 4) is 5.75 Å². The summed E-state index contributed by atoms with van der Waals surface area (Å²) in [5.41, 5.74) is 0. The number of nitrogens with one attached hydrogen (secondary N) is 1. The minimum atomic E-state index is -1.11. The first-order chi connectivity index (χ1) is 10.4. The van der Waals surface area contributed by atoms with Gasteiger partial charge in [0.2, 0.25) is 0 Å². The van der Waals surface area contributed by atoms with Gasteiger partial charge >= 0.3 is 5.97 Å². The van der Waals surface area contributed by atoms with Gasteiger partial charge in [-0.1, -0.05) is 35.3 Å². The summed E-state index contributed by atoms with van der Waals surface area (Å²) < 4.78 is 5.43. The molecule has 22 heavy (non-hydrogen) atoms. The monoisotopic (exact) mass is 345 g/mol. The summed E-state index contributed by atoms with van der Waals surface area (Å²) in [5.74, 6) is -1.40. The highest BCUT2D eigenvalue weighted by Gasteiger charge is 2.24. The average molecular weight is 346 g/mol. The number of benzene rings is 1. The van der Waals surface area contributed by atoms with Gasteiger partial charge in [0, 0.05) is 0 Å². The Kier molecular flexibility index (Phi) is 7.21. The number of halogens is 2. The first kappa shape index (κ1) is 18.3. The summed E-state index contributed by atoms with van der Waals surface area (Å²) in [5, 5.41) is 12.0. The molecule has 0 bridgehead atoms. The fraction of sp³-hybridized carbons (Fsp3) is 0.333. The second-order valence-corrected chi connectivity index (χ2v) is 5.36. The maximum Gasteiger partial charge on any atom is 0.326 e. The topological polar surface area (TPSA) is 75.6 Å². The number of aliphatic carboxylic acids is 1. The van der Waals surface area contributed by atoms with E-state index in [4.69, 9.17) is 33.0 Å². The molecule has 2 N–H and O–H groups in total. The van der Waals surface area contributed by atoms with Crippen LogP contribution in [0.2, 0.25) is 10.0 Å². The van der Waals surface area contributed by atoms with Crippen molar-refractivity contribution in [2.45, 2.75) is 31.9 Å². The van der Waals surface area contributed by atoms with E-state index in [0.717, 1.165) is 0 Å². The van der Waals surface area contributed by atoms with Crippen molar-refractivity contribution < 1.29 is 19.4 Å². The summed E-state index contributed by atoms with van der Waals surface area (Å²) in [6, 6.07) is 3.81. The van der Waals surface area contributed by atoms with Crippen LogP contribution in [0, 0.1) is 0 Å². The van der Waals surface area contributed by atoms with Crippen LogP contribution < -0.4 is 10.1 Å². The number of carbonyl (C=O) groups is 2. The molecule has 1 aromatic carbocycles. The van der Waals surface area contributed by atoms with Gasteiger partial charge in [-0.2, -0.15) is 0 Å². The molecule has 0 aromatic heterocycles. The third kappa shape index (κ3) is 5.24. The SMILES string of the molecule is C=CCCC(NC(=O)C(C)Oc1cccc(Cl)c1Cl)C(=O)O. The van der Waals surface area contributed by atoms with Gasteiger partial charge in [0.1, 0.15) is 16.8 Å². The number of allylic oxidation sites excluding steroid dienone is 1. The van der Waals surface area contributed by atoms with Gasteiger partial charge in [-0.3, -0.25) is 4.79 Å². The van der Waals surface area contributed by atoms with Gasteiger partial charge in [0.05, 0.1) is 5.02 Å². The number of hydrogen-bond acceptors (Lipinski definition) is 3. The quantitative estimate of drug-likeness (QED) is 0.708. The van der Waals surface area contributed by atoms with E-state index in [-0.39, 0.29) is 17.2 Å². The Labute approximate surface area is 138 Å². The first-order valence-electron chi connectivity index (χ1n) is 6.61. The molecule has 1 amide bonds. The fourth-order valence-electron chi connectivity index (χ4n) is 1.65. The maximum atomic E-state index is 12.0. The highest BCUT2D eigenvalue weighted by atomic mass is 35.5. The number of carboxylic acids is 1. The third-order valence-electron chi connectivity index (χ3n) is 2.86. The first-order valence-corrected chi connectivity index (χ1v) is 7.37. The molecular formula is C15H17Cl2NO4. The molecule has 0 aliphatic heterocycles. The number of amides is 1. The van der Waals surface area contributed by atoms with Gasteiger partial charge in [-0.15, -0.1) is 6.58 Å². The summed E-state index contributed by atoms with van der Waals surface area (Å²) >= 11 is 11.8. The lowest BCUT2D eigenvalue weighted by atomic mass is 10.1. The number of ether oxygens (including phenoxy) is 1. The van der Waals surface area contributed by atoms with Crippen LogP contribution in [0.4, 0.5) is 0 Å². The highest BCUT2D eigenvalue weighted by Crippen LogP contribution is 2.32. The molecule has 120 valence electrons. The smallest absolute Gasteiger partial charge is 0.326 e. The second-order valence-electron chi connectivity index (χ2n) is 4.58. The normalized spacial score (nSPS) is 13.0. The second kappa shape index (κ2) is 8.66. The molecule has 5 nitrogen and oxygen atoms in total. The van der Waals surface area contributed by atoms with E-state index >= 15 is 0 Å². The Morgan fingerprint density at radius 1 is 1.45 bits per heavy atom. The van der Waals surface area contributed by atoms with Crippen LogP contribution in [0.25, 0.3) is 0 Å². The van der Waals surface area contributed by atoms with Crippen molar-refractivity contribution in [3.05, 3.63) is 40.9 Å². The molecule has 1 aromatic rings. The Hall–Kier alpha value is -1.72. The van der Waals surface area contributed by atoms with E-state index in [0.29, 0.717) is 11.4 Å². The van der Waals surface area contributed by atoms with Crippen molar-refractivity contribution in [2.24, 2.45) is 0 Å². The summed E-state index contributed by atoms with van der Waals surface area (Å²) in [4.78, 5) is 23.1. The van der Waals surface area contributed by atoms with E-state index in [1.807, 2.05) is 0 Å². The molecule has 2 atom stereocenters. The van der Waals surface area contributed by atoms with E-state index < -0.39 is 24.0 Å². The molecule has 0 aliphatic carbocycles. The van der Waals surface area contributed by atoms with E-state index in [2.05, 4.69) is 11.9 Å². The minimum Gasteiger partial charge on any atom is -0.480 e. The number of carboxylic acid groups (broad SMARTS) is 1. The van der Waals surface area contributed by atoms with E-state index in [1.54, 1.807) is 24.3 Å². The van der Waals surface area contributed by atoms with Gasteiger partial charge in [-0.25, -0.2) is 4.79 Å². The van der Waals surface area contributed by atoms with Crippen LogP contribution in [0.1, 0.15) is 19.8 Å². The number of rotatable bonds is 8.